The van der Waals surface area contributed by atoms with Crippen molar-refractivity contribution in [1.82, 2.24) is 4.98 Å². The van der Waals surface area contributed by atoms with E-state index in [-0.39, 0.29) is 5.78 Å². The van der Waals surface area contributed by atoms with Gasteiger partial charge in [0.2, 0.25) is 0 Å². The summed E-state index contributed by atoms with van der Waals surface area (Å²) >= 11 is 0. The van der Waals surface area contributed by atoms with Gasteiger partial charge < -0.3 is 14.5 Å². The van der Waals surface area contributed by atoms with E-state index in [1.165, 1.54) is 0 Å². The van der Waals surface area contributed by atoms with Crippen LogP contribution in [-0.2, 0) is 0 Å². The van der Waals surface area contributed by atoms with E-state index < -0.39 is 0 Å². The molecule has 3 aromatic rings. The number of aromatic amines is 1. The third kappa shape index (κ3) is 2.83. The number of para-hydroxylation sites is 2. The van der Waals surface area contributed by atoms with Crippen LogP contribution >= 0.6 is 0 Å². The average Bonchev–Trinajstić information content (AvgIpc) is 3.03. The molecule has 0 saturated carbocycles. The number of nitrogens with one attached hydrogen (secondary N) is 1. The molecule has 0 aliphatic carbocycles. The molecule has 116 valence electrons. The maximum atomic E-state index is 12.5. The molecule has 0 radical (unpaired) electrons. The van der Waals surface area contributed by atoms with Gasteiger partial charge in [-0.3, -0.25) is 4.79 Å². The molecule has 0 atom stereocenters. The summed E-state index contributed by atoms with van der Waals surface area (Å²) in [5, 5.41) is 0.916. The first-order chi connectivity index (χ1) is 11.2. The molecule has 0 fully saturated rings. The Balaban J connectivity index is 1.93. The van der Waals surface area contributed by atoms with Gasteiger partial charge in [-0.1, -0.05) is 30.3 Å². The lowest BCUT2D eigenvalue weighted by molar-refractivity contribution is 0.104. The van der Waals surface area contributed by atoms with Crippen molar-refractivity contribution in [3.05, 3.63) is 65.9 Å². The Morgan fingerprint density at radius 3 is 2.65 bits per heavy atom. The zero-order valence-electron chi connectivity index (χ0n) is 13.0. The van der Waals surface area contributed by atoms with E-state index in [9.17, 15) is 4.79 Å². The number of allylic oxidation sites excluding steroid dienone is 1. The van der Waals surface area contributed by atoms with Crippen molar-refractivity contribution < 1.29 is 14.3 Å². The van der Waals surface area contributed by atoms with Crippen LogP contribution in [0.3, 0.4) is 0 Å². The molecule has 1 N–H and O–H groups in total. The lowest BCUT2D eigenvalue weighted by atomic mass is 10.1. The van der Waals surface area contributed by atoms with Gasteiger partial charge in [-0.05, 0) is 24.3 Å². The molecule has 4 nitrogen and oxygen atoms in total. The van der Waals surface area contributed by atoms with Gasteiger partial charge in [-0.15, -0.1) is 0 Å². The number of fused-ring (bicyclic) bond motifs is 1. The molecule has 0 bridgehead atoms. The largest absolute Gasteiger partial charge is 0.493 e. The summed E-state index contributed by atoms with van der Waals surface area (Å²) in [5.41, 5.74) is 2.39. The Bertz CT molecular complexity index is 877. The van der Waals surface area contributed by atoms with Crippen LogP contribution in [0.1, 0.15) is 15.9 Å². The predicted octanol–water partition coefficient (Wildman–Crippen LogP) is 4.08. The predicted molar refractivity (Wildman–Crippen MR) is 91.2 cm³/mol. The van der Waals surface area contributed by atoms with Crippen LogP contribution < -0.4 is 9.47 Å². The van der Waals surface area contributed by atoms with Gasteiger partial charge in [-0.2, -0.15) is 0 Å². The highest BCUT2D eigenvalue weighted by atomic mass is 16.5. The highest BCUT2D eigenvalue weighted by Crippen LogP contribution is 2.31. The number of ether oxygens (including phenoxy) is 2. The van der Waals surface area contributed by atoms with Gasteiger partial charge in [0.25, 0.3) is 0 Å². The molecule has 0 unspecified atom stereocenters. The van der Waals surface area contributed by atoms with E-state index in [0.29, 0.717) is 17.1 Å². The Morgan fingerprint density at radius 1 is 1.04 bits per heavy atom. The molecule has 1 aromatic heterocycles. The lowest BCUT2D eigenvalue weighted by Crippen LogP contribution is -1.94. The van der Waals surface area contributed by atoms with Crippen molar-refractivity contribution in [2.75, 3.05) is 14.2 Å². The number of aromatic nitrogens is 1. The van der Waals surface area contributed by atoms with Crippen LogP contribution in [0.25, 0.3) is 17.0 Å². The van der Waals surface area contributed by atoms with E-state index in [0.717, 1.165) is 16.5 Å². The van der Waals surface area contributed by atoms with Gasteiger partial charge in [0.1, 0.15) is 0 Å². The Morgan fingerprint density at radius 2 is 1.87 bits per heavy atom. The summed E-state index contributed by atoms with van der Waals surface area (Å²) < 4.78 is 10.6. The Hall–Kier alpha value is -3.01. The van der Waals surface area contributed by atoms with Crippen LogP contribution in [0, 0.1) is 0 Å². The molecule has 2 aromatic carbocycles. The molecule has 0 spiro atoms. The van der Waals surface area contributed by atoms with Crippen LogP contribution in [0.2, 0.25) is 0 Å². The number of methoxy groups -OCH3 is 2. The number of carbonyl (C=O) groups excluding carboxylic acids is 1. The molecule has 0 saturated heterocycles. The molecule has 23 heavy (non-hydrogen) atoms. The third-order valence-corrected chi connectivity index (χ3v) is 3.70. The molecule has 4 heteroatoms. The minimum atomic E-state index is -0.0627. The number of hydrogen-bond acceptors (Lipinski definition) is 3. The number of benzene rings is 2. The van der Waals surface area contributed by atoms with Crippen molar-refractivity contribution in [3.8, 4) is 11.5 Å². The van der Waals surface area contributed by atoms with E-state index in [2.05, 4.69) is 4.98 Å². The quantitative estimate of drug-likeness (QED) is 0.571. The second kappa shape index (κ2) is 6.40. The number of rotatable bonds is 5. The molecule has 0 amide bonds. The van der Waals surface area contributed by atoms with Gasteiger partial charge in [0.15, 0.2) is 17.3 Å². The van der Waals surface area contributed by atoms with Gasteiger partial charge in [-0.25, -0.2) is 0 Å². The Kier molecular flexibility index (Phi) is 4.15. The molecular formula is C19H17NO3. The van der Waals surface area contributed by atoms with E-state index >= 15 is 0 Å². The summed E-state index contributed by atoms with van der Waals surface area (Å²) in [7, 11) is 3.17. The van der Waals surface area contributed by atoms with Crippen molar-refractivity contribution in [3.63, 3.8) is 0 Å². The minimum Gasteiger partial charge on any atom is -0.493 e. The maximum absolute atomic E-state index is 12.5. The first-order valence-electron chi connectivity index (χ1n) is 7.24. The van der Waals surface area contributed by atoms with E-state index in [1.807, 2.05) is 42.5 Å². The van der Waals surface area contributed by atoms with E-state index in [1.54, 1.807) is 32.6 Å². The topological polar surface area (TPSA) is 51.3 Å². The second-order valence-corrected chi connectivity index (χ2v) is 5.03. The van der Waals surface area contributed by atoms with Gasteiger partial charge in [0, 0.05) is 28.2 Å². The van der Waals surface area contributed by atoms with Crippen molar-refractivity contribution in [1.29, 1.82) is 0 Å². The van der Waals surface area contributed by atoms with Crippen LogP contribution in [-0.4, -0.2) is 25.0 Å². The summed E-state index contributed by atoms with van der Waals surface area (Å²) in [5.74, 6) is 1.18. The van der Waals surface area contributed by atoms with Gasteiger partial charge >= 0.3 is 0 Å². The SMILES string of the molecule is COc1cccc(/C=C/C(=O)c2c[nH]c3ccccc23)c1OC. The second-order valence-electron chi connectivity index (χ2n) is 5.03. The monoisotopic (exact) mass is 307 g/mol. The van der Waals surface area contributed by atoms with Crippen LogP contribution in [0.15, 0.2) is 54.7 Å². The van der Waals surface area contributed by atoms with Crippen molar-refractivity contribution in [2.24, 2.45) is 0 Å². The zero-order chi connectivity index (χ0) is 16.2. The highest BCUT2D eigenvalue weighted by Gasteiger charge is 2.10. The van der Waals surface area contributed by atoms with E-state index in [4.69, 9.17) is 9.47 Å². The smallest absolute Gasteiger partial charge is 0.188 e. The molecule has 0 aliphatic rings. The zero-order valence-corrected chi connectivity index (χ0v) is 13.0. The summed E-state index contributed by atoms with van der Waals surface area (Å²) in [6, 6.07) is 13.3. The highest BCUT2D eigenvalue weighted by molar-refractivity contribution is 6.14. The number of hydrogen-bond donors (Lipinski definition) is 1. The maximum Gasteiger partial charge on any atom is 0.188 e. The average molecular weight is 307 g/mol. The molecule has 3 rings (SSSR count). The fourth-order valence-corrected chi connectivity index (χ4v) is 2.57. The minimum absolute atomic E-state index is 0.0627. The Labute approximate surface area is 134 Å². The molecular weight excluding hydrogens is 290 g/mol. The summed E-state index contributed by atoms with van der Waals surface area (Å²) in [4.78, 5) is 15.6. The fraction of sp³-hybridized carbons (Fsp3) is 0.105. The standard InChI is InChI=1S/C19H17NO3/c1-22-18-9-5-6-13(19(18)23-2)10-11-17(21)15-12-20-16-8-4-3-7-14(15)16/h3-12,20H,1-2H3/b11-10+. The molecule has 0 aliphatic heterocycles. The van der Waals surface area contributed by atoms with Gasteiger partial charge in [0.05, 0.1) is 14.2 Å². The lowest BCUT2D eigenvalue weighted by Gasteiger charge is -2.09. The fourth-order valence-electron chi connectivity index (χ4n) is 2.57. The number of H-pyrrole nitrogens is 1. The molecule has 1 heterocycles. The summed E-state index contributed by atoms with van der Waals surface area (Å²) in [6.07, 6.45) is 5.03. The van der Waals surface area contributed by atoms with Crippen LogP contribution in [0.5, 0.6) is 11.5 Å². The summed E-state index contributed by atoms with van der Waals surface area (Å²) in [6.45, 7) is 0. The normalized spacial score (nSPS) is 11.0. The first kappa shape index (κ1) is 14.9. The van der Waals surface area contributed by atoms with Crippen LogP contribution in [0.4, 0.5) is 0 Å². The number of carbonyl (C=O) groups is 1. The number of ketones is 1. The van der Waals surface area contributed by atoms with Crippen molar-refractivity contribution in [2.45, 2.75) is 0 Å². The van der Waals surface area contributed by atoms with Crippen molar-refractivity contribution >= 4 is 22.8 Å². The third-order valence-electron chi connectivity index (χ3n) is 3.70. The first-order valence-corrected chi connectivity index (χ1v) is 7.24.